The summed E-state index contributed by atoms with van der Waals surface area (Å²) in [5.41, 5.74) is 3.76. The molecular weight excluding hydrogens is 476 g/mol. The second-order valence-corrected chi connectivity index (χ2v) is 9.23. The van der Waals surface area contributed by atoms with Crippen LogP contribution in [0.3, 0.4) is 0 Å². The van der Waals surface area contributed by atoms with E-state index in [-0.39, 0.29) is 13.2 Å². The van der Waals surface area contributed by atoms with Gasteiger partial charge in [0.1, 0.15) is 30.2 Å². The first-order valence-corrected chi connectivity index (χ1v) is 12.2. The van der Waals surface area contributed by atoms with Crippen LogP contribution in [0.15, 0.2) is 48.6 Å². The maximum Gasteiger partial charge on any atom is 0.333 e. The van der Waals surface area contributed by atoms with E-state index >= 15 is 0 Å². The number of esters is 2. The van der Waals surface area contributed by atoms with Gasteiger partial charge in [0.15, 0.2) is 0 Å². The van der Waals surface area contributed by atoms with Crippen molar-refractivity contribution in [2.24, 2.45) is 0 Å². The molecule has 9 heteroatoms. The fourth-order valence-corrected chi connectivity index (χ4v) is 4.28. The molecule has 0 spiro atoms. The number of anilines is 2. The van der Waals surface area contributed by atoms with E-state index in [1.807, 2.05) is 29.2 Å². The molecule has 0 saturated carbocycles. The molecule has 0 fully saturated rings. The molecule has 0 aliphatic rings. The molecular formula is C27H30N4O4S. The summed E-state index contributed by atoms with van der Waals surface area (Å²) in [4.78, 5) is 26.8. The zero-order chi connectivity index (χ0) is 26.7. The van der Waals surface area contributed by atoms with Crippen LogP contribution in [0.2, 0.25) is 0 Å². The minimum Gasteiger partial charge on any atom is -0.460 e. The third-order valence-electron chi connectivity index (χ3n) is 5.23. The maximum atomic E-state index is 11.7. The SMILES string of the molecule is C=C(C)C(=O)OCCN(CCOC(=O)C(=C)C)c1ccc(NCCc2sc(C#N)c(C)c2C#N)cc1. The summed E-state index contributed by atoms with van der Waals surface area (Å²) in [5.74, 6) is -0.906. The van der Waals surface area contributed by atoms with Crippen molar-refractivity contribution in [2.45, 2.75) is 27.2 Å². The summed E-state index contributed by atoms with van der Waals surface area (Å²) in [6.45, 7) is 13.9. The van der Waals surface area contributed by atoms with Crippen LogP contribution in [0.1, 0.15) is 34.7 Å². The Bertz CT molecular complexity index is 1170. The predicted octanol–water partition coefficient (Wildman–Crippen LogP) is 4.50. The first kappa shape index (κ1) is 28.2. The lowest BCUT2D eigenvalue weighted by Crippen LogP contribution is -2.32. The Balaban J connectivity index is 2.00. The van der Waals surface area contributed by atoms with Gasteiger partial charge in [-0.05, 0) is 50.6 Å². The monoisotopic (exact) mass is 506 g/mol. The van der Waals surface area contributed by atoms with E-state index in [4.69, 9.17) is 9.47 Å². The van der Waals surface area contributed by atoms with Crippen molar-refractivity contribution in [3.05, 3.63) is 69.5 Å². The van der Waals surface area contributed by atoms with E-state index in [2.05, 4.69) is 30.6 Å². The number of hydrogen-bond donors (Lipinski definition) is 1. The van der Waals surface area contributed by atoms with Crippen LogP contribution in [-0.4, -0.2) is 44.8 Å². The zero-order valence-corrected chi connectivity index (χ0v) is 21.7. The number of benzene rings is 1. The summed E-state index contributed by atoms with van der Waals surface area (Å²) >= 11 is 1.36. The molecule has 2 rings (SSSR count). The molecule has 36 heavy (non-hydrogen) atoms. The van der Waals surface area contributed by atoms with Crippen molar-refractivity contribution in [1.29, 1.82) is 10.5 Å². The highest BCUT2D eigenvalue weighted by Crippen LogP contribution is 2.27. The number of thiophene rings is 1. The smallest absolute Gasteiger partial charge is 0.333 e. The van der Waals surface area contributed by atoms with Gasteiger partial charge < -0.3 is 19.7 Å². The van der Waals surface area contributed by atoms with Crippen LogP contribution < -0.4 is 10.2 Å². The van der Waals surface area contributed by atoms with Gasteiger partial charge in [0.05, 0.1) is 18.7 Å². The topological polar surface area (TPSA) is 115 Å². The lowest BCUT2D eigenvalue weighted by molar-refractivity contribution is -0.139. The molecule has 0 amide bonds. The van der Waals surface area contributed by atoms with E-state index in [9.17, 15) is 20.1 Å². The highest BCUT2D eigenvalue weighted by atomic mass is 32.1. The van der Waals surface area contributed by atoms with E-state index < -0.39 is 11.9 Å². The molecule has 0 radical (unpaired) electrons. The fraction of sp³-hybridized carbons (Fsp3) is 0.333. The molecule has 2 aromatic rings. The molecule has 0 atom stereocenters. The summed E-state index contributed by atoms with van der Waals surface area (Å²) in [6, 6.07) is 12.0. The summed E-state index contributed by atoms with van der Waals surface area (Å²) in [5, 5.41) is 22.0. The predicted molar refractivity (Wildman–Crippen MR) is 141 cm³/mol. The van der Waals surface area contributed by atoms with Gasteiger partial charge in [-0.25, -0.2) is 9.59 Å². The summed E-state index contributed by atoms with van der Waals surface area (Å²) < 4.78 is 10.4. The molecule has 1 heterocycles. The lowest BCUT2D eigenvalue weighted by Gasteiger charge is -2.25. The Kier molecular flexibility index (Phi) is 10.7. The zero-order valence-electron chi connectivity index (χ0n) is 20.8. The van der Waals surface area contributed by atoms with Crippen molar-refractivity contribution in [1.82, 2.24) is 0 Å². The molecule has 1 aromatic heterocycles. The van der Waals surface area contributed by atoms with E-state index in [0.717, 1.165) is 21.8 Å². The Morgan fingerprint density at radius 3 is 2.03 bits per heavy atom. The minimum atomic E-state index is -0.453. The third kappa shape index (κ3) is 8.00. The lowest BCUT2D eigenvalue weighted by atomic mass is 10.1. The van der Waals surface area contributed by atoms with Crippen LogP contribution in [0.4, 0.5) is 11.4 Å². The quantitative estimate of drug-likeness (QED) is 0.312. The molecule has 1 N–H and O–H groups in total. The largest absolute Gasteiger partial charge is 0.460 e. The number of nitrogens with one attached hydrogen (secondary N) is 1. The maximum absolute atomic E-state index is 11.7. The normalized spacial score (nSPS) is 10.0. The van der Waals surface area contributed by atoms with Gasteiger partial charge in [-0.15, -0.1) is 11.3 Å². The van der Waals surface area contributed by atoms with Gasteiger partial charge in [0.2, 0.25) is 0 Å². The number of hydrogen-bond acceptors (Lipinski definition) is 9. The summed E-state index contributed by atoms with van der Waals surface area (Å²) in [7, 11) is 0. The number of carbonyl (C=O) groups is 2. The first-order chi connectivity index (χ1) is 17.2. The Morgan fingerprint density at radius 2 is 1.56 bits per heavy atom. The molecule has 0 aliphatic carbocycles. The number of carbonyl (C=O) groups excluding carboxylic acids is 2. The van der Waals surface area contributed by atoms with Gasteiger partial charge in [-0.1, -0.05) is 13.2 Å². The van der Waals surface area contributed by atoms with E-state index in [0.29, 0.717) is 47.6 Å². The standard InChI is InChI=1S/C27H30N4O4S/c1-18(2)26(32)34-14-12-31(13-15-35-27(33)19(3)4)22-8-6-21(7-9-22)30-11-10-24-23(16-28)20(5)25(17-29)36-24/h6-9,30H,1,3,10-15H2,2,4-5H3. The molecule has 0 saturated heterocycles. The van der Waals surface area contributed by atoms with Gasteiger partial charge >= 0.3 is 11.9 Å². The average molecular weight is 507 g/mol. The van der Waals surface area contributed by atoms with Gasteiger partial charge in [0, 0.05) is 40.4 Å². The number of nitrogens with zero attached hydrogens (tertiary/aromatic N) is 3. The molecule has 1 aromatic carbocycles. The van der Waals surface area contributed by atoms with Crippen LogP contribution >= 0.6 is 11.3 Å². The molecule has 0 bridgehead atoms. The number of rotatable bonds is 13. The molecule has 8 nitrogen and oxygen atoms in total. The second kappa shape index (κ2) is 13.7. The average Bonchev–Trinajstić information content (AvgIpc) is 3.17. The van der Waals surface area contributed by atoms with Crippen LogP contribution in [0.25, 0.3) is 0 Å². The van der Waals surface area contributed by atoms with Gasteiger partial charge in [-0.3, -0.25) is 0 Å². The van der Waals surface area contributed by atoms with Crippen molar-refractivity contribution in [3.63, 3.8) is 0 Å². The highest BCUT2D eigenvalue weighted by Gasteiger charge is 2.14. The molecule has 0 unspecified atom stereocenters. The number of nitriles is 2. The first-order valence-electron chi connectivity index (χ1n) is 11.3. The third-order valence-corrected chi connectivity index (χ3v) is 6.49. The summed E-state index contributed by atoms with van der Waals surface area (Å²) in [6.07, 6.45) is 0.631. The van der Waals surface area contributed by atoms with Crippen LogP contribution in [-0.2, 0) is 25.5 Å². The molecule has 188 valence electrons. The van der Waals surface area contributed by atoms with Crippen molar-refractivity contribution in [2.75, 3.05) is 43.1 Å². The van der Waals surface area contributed by atoms with E-state index in [1.54, 1.807) is 20.8 Å². The van der Waals surface area contributed by atoms with Crippen LogP contribution in [0.5, 0.6) is 0 Å². The highest BCUT2D eigenvalue weighted by molar-refractivity contribution is 7.13. The van der Waals surface area contributed by atoms with Crippen LogP contribution in [0, 0.1) is 29.6 Å². The Hall–Kier alpha value is -4.08. The Labute approximate surface area is 216 Å². The van der Waals surface area contributed by atoms with Gasteiger partial charge in [0.25, 0.3) is 0 Å². The molecule has 0 aliphatic heterocycles. The fourth-order valence-electron chi connectivity index (χ4n) is 3.23. The van der Waals surface area contributed by atoms with Crippen molar-refractivity contribution < 1.29 is 19.1 Å². The Morgan fingerprint density at radius 1 is 1.00 bits per heavy atom. The van der Waals surface area contributed by atoms with Crippen molar-refractivity contribution >= 4 is 34.7 Å². The minimum absolute atomic E-state index is 0.159. The van der Waals surface area contributed by atoms with Gasteiger partial charge in [-0.2, -0.15) is 10.5 Å². The van der Waals surface area contributed by atoms with E-state index in [1.165, 1.54) is 11.3 Å². The van der Waals surface area contributed by atoms with Crippen molar-refractivity contribution in [3.8, 4) is 12.1 Å². The number of ether oxygens (including phenoxy) is 2. The second-order valence-electron chi connectivity index (χ2n) is 8.12.